The summed E-state index contributed by atoms with van der Waals surface area (Å²) in [4.78, 5) is 0. The van der Waals surface area contributed by atoms with Gasteiger partial charge in [0, 0.05) is 11.1 Å². The topological polar surface area (TPSA) is 40.5 Å². The Hall–Kier alpha value is -1.70. The van der Waals surface area contributed by atoms with E-state index in [4.69, 9.17) is 0 Å². The molecule has 0 bridgehead atoms. The van der Waals surface area contributed by atoms with E-state index < -0.39 is 70.5 Å². The Kier molecular flexibility index (Phi) is 8.63. The molecule has 0 heterocycles. The predicted molar refractivity (Wildman–Crippen MR) is 100 cm³/mol. The van der Waals surface area contributed by atoms with Crippen LogP contribution in [0.25, 0.3) is 0 Å². The molecular formula is C21H24F12O2. The zero-order chi connectivity index (χ0) is 28.0. The predicted octanol–water partition coefficient (Wildman–Crippen LogP) is 7.49. The summed E-state index contributed by atoms with van der Waals surface area (Å²) in [6.45, 7) is 6.15. The van der Waals surface area contributed by atoms with Crippen LogP contribution in [-0.2, 0) is 11.2 Å². The Bertz CT molecular complexity index is 781. The van der Waals surface area contributed by atoms with Crippen LogP contribution in [0.15, 0.2) is 18.2 Å². The number of hydrogen-bond donors (Lipinski definition) is 2. The van der Waals surface area contributed by atoms with E-state index in [1.54, 1.807) is 20.8 Å². The first-order chi connectivity index (χ1) is 15.4. The normalized spacial score (nSPS) is 16.5. The maximum atomic E-state index is 13.5. The number of benzene rings is 1. The fraction of sp³-hybridized carbons (Fsp3) is 0.714. The average molecular weight is 536 g/mol. The van der Waals surface area contributed by atoms with E-state index in [1.165, 1.54) is 6.92 Å². The lowest BCUT2D eigenvalue weighted by atomic mass is 9.76. The lowest BCUT2D eigenvalue weighted by Gasteiger charge is -2.37. The van der Waals surface area contributed by atoms with Gasteiger partial charge in [-0.3, -0.25) is 0 Å². The van der Waals surface area contributed by atoms with E-state index in [2.05, 4.69) is 0 Å². The molecule has 204 valence electrons. The Morgan fingerprint density at radius 1 is 0.629 bits per heavy atom. The highest BCUT2D eigenvalue weighted by atomic mass is 19.4. The summed E-state index contributed by atoms with van der Waals surface area (Å²) < 4.78 is 162. The van der Waals surface area contributed by atoms with Crippen LogP contribution in [-0.4, -0.2) is 34.9 Å². The summed E-state index contributed by atoms with van der Waals surface area (Å²) in [5.74, 6) is -2.04. The van der Waals surface area contributed by atoms with Gasteiger partial charge in [0.15, 0.2) is 0 Å². The van der Waals surface area contributed by atoms with E-state index in [1.807, 2.05) is 0 Å². The summed E-state index contributed by atoms with van der Waals surface area (Å²) in [5.41, 5.74) is -17.0. The number of halogens is 12. The second kappa shape index (κ2) is 9.64. The van der Waals surface area contributed by atoms with Crippen LogP contribution >= 0.6 is 0 Å². The van der Waals surface area contributed by atoms with Crippen LogP contribution in [0.3, 0.4) is 0 Å². The van der Waals surface area contributed by atoms with Gasteiger partial charge in [-0.05, 0) is 35.8 Å². The zero-order valence-corrected chi connectivity index (χ0v) is 18.8. The molecule has 0 aliphatic rings. The molecule has 0 aliphatic heterocycles. The molecule has 2 unspecified atom stereocenters. The maximum absolute atomic E-state index is 13.5. The van der Waals surface area contributed by atoms with Gasteiger partial charge in [0.2, 0.25) is 0 Å². The van der Waals surface area contributed by atoms with Crippen molar-refractivity contribution in [1.29, 1.82) is 0 Å². The molecule has 2 N–H and O–H groups in total. The molecule has 0 aromatic heterocycles. The number of hydrogen-bond acceptors (Lipinski definition) is 2. The summed E-state index contributed by atoms with van der Waals surface area (Å²) in [7, 11) is 0. The van der Waals surface area contributed by atoms with Crippen LogP contribution in [0.4, 0.5) is 52.7 Å². The Labute approximate surface area is 192 Å². The monoisotopic (exact) mass is 536 g/mol. The van der Waals surface area contributed by atoms with E-state index in [9.17, 15) is 62.9 Å². The lowest BCUT2D eigenvalue weighted by molar-refractivity contribution is -0.378. The third-order valence-electron chi connectivity index (χ3n) is 5.92. The van der Waals surface area contributed by atoms with Gasteiger partial charge in [-0.15, -0.1) is 0 Å². The molecule has 2 atom stereocenters. The largest absolute Gasteiger partial charge is 0.430 e. The molecule has 0 saturated heterocycles. The Morgan fingerprint density at radius 2 is 0.943 bits per heavy atom. The summed E-state index contributed by atoms with van der Waals surface area (Å²) >= 11 is 0. The van der Waals surface area contributed by atoms with Crippen molar-refractivity contribution >= 4 is 0 Å². The Balaban J connectivity index is 4.28. The first-order valence-electron chi connectivity index (χ1n) is 10.2. The molecular weight excluding hydrogens is 512 g/mol. The third-order valence-corrected chi connectivity index (χ3v) is 5.92. The molecule has 1 rings (SSSR count). The van der Waals surface area contributed by atoms with Crippen molar-refractivity contribution in [1.82, 2.24) is 0 Å². The minimum absolute atomic E-state index is 0.0369. The fourth-order valence-electron chi connectivity index (χ4n) is 3.75. The highest BCUT2D eigenvalue weighted by Gasteiger charge is 2.74. The first-order valence-corrected chi connectivity index (χ1v) is 10.2. The smallest absolute Gasteiger partial charge is 0.369 e. The SMILES string of the molecule is CCC(C)C(CC(C)C)c1cc(C(O)(C(F)(F)F)C(F)(F)F)cc(C(O)(C(F)(F)F)C(F)(F)F)c1. The molecule has 0 spiro atoms. The van der Waals surface area contributed by atoms with Gasteiger partial charge >= 0.3 is 24.7 Å². The molecule has 2 nitrogen and oxygen atoms in total. The van der Waals surface area contributed by atoms with Gasteiger partial charge < -0.3 is 10.2 Å². The number of rotatable bonds is 7. The Morgan fingerprint density at radius 3 is 1.17 bits per heavy atom. The van der Waals surface area contributed by atoms with Gasteiger partial charge in [-0.25, -0.2) is 0 Å². The van der Waals surface area contributed by atoms with Crippen molar-refractivity contribution in [2.24, 2.45) is 11.8 Å². The van der Waals surface area contributed by atoms with Gasteiger partial charge in [0.05, 0.1) is 0 Å². The van der Waals surface area contributed by atoms with Crippen LogP contribution in [0.1, 0.15) is 63.1 Å². The molecule has 0 fully saturated rings. The second-order valence-electron chi connectivity index (χ2n) is 8.88. The standard InChI is InChI=1S/C21H24F12O2/c1-5-11(4)15(6-10(2)3)12-7-13(16(34,18(22,23)24)19(25,26)27)9-14(8-12)17(35,20(28,29)30)21(31,32)33/h7-11,15,34-35H,5-6H2,1-4H3. The summed E-state index contributed by atoms with van der Waals surface area (Å²) in [6.07, 6.45) is -26.2. The maximum Gasteiger partial charge on any atom is 0.430 e. The van der Waals surface area contributed by atoms with Crippen molar-refractivity contribution in [3.8, 4) is 0 Å². The van der Waals surface area contributed by atoms with E-state index in [-0.39, 0.29) is 30.9 Å². The fourth-order valence-corrected chi connectivity index (χ4v) is 3.75. The van der Waals surface area contributed by atoms with Crippen LogP contribution in [0.5, 0.6) is 0 Å². The van der Waals surface area contributed by atoms with Crippen molar-refractivity contribution < 1.29 is 62.9 Å². The van der Waals surface area contributed by atoms with Gasteiger partial charge in [-0.1, -0.05) is 46.2 Å². The molecule has 1 aromatic carbocycles. The molecule has 35 heavy (non-hydrogen) atoms. The average Bonchev–Trinajstić information content (AvgIpc) is 2.66. The summed E-state index contributed by atoms with van der Waals surface area (Å²) in [6, 6.07) is -0.567. The molecule has 1 aromatic rings. The van der Waals surface area contributed by atoms with Crippen molar-refractivity contribution in [2.45, 2.75) is 82.4 Å². The minimum Gasteiger partial charge on any atom is -0.369 e. The first kappa shape index (κ1) is 31.3. The van der Waals surface area contributed by atoms with E-state index >= 15 is 0 Å². The van der Waals surface area contributed by atoms with E-state index in [0.29, 0.717) is 0 Å². The van der Waals surface area contributed by atoms with Crippen molar-refractivity contribution in [3.63, 3.8) is 0 Å². The molecule has 0 aliphatic carbocycles. The number of aliphatic hydroxyl groups is 2. The van der Waals surface area contributed by atoms with Crippen LogP contribution in [0.2, 0.25) is 0 Å². The highest BCUT2D eigenvalue weighted by molar-refractivity contribution is 5.41. The minimum atomic E-state index is -6.58. The molecule has 0 saturated carbocycles. The summed E-state index contributed by atoms with van der Waals surface area (Å²) in [5, 5.41) is 19.5. The van der Waals surface area contributed by atoms with E-state index in [0.717, 1.165) is 0 Å². The molecule has 0 amide bonds. The van der Waals surface area contributed by atoms with Crippen molar-refractivity contribution in [2.75, 3.05) is 0 Å². The van der Waals surface area contributed by atoms with Crippen LogP contribution in [0, 0.1) is 11.8 Å². The van der Waals surface area contributed by atoms with Gasteiger partial charge in [-0.2, -0.15) is 52.7 Å². The quantitative estimate of drug-likeness (QED) is 0.355. The van der Waals surface area contributed by atoms with Gasteiger partial charge in [0.25, 0.3) is 11.2 Å². The zero-order valence-electron chi connectivity index (χ0n) is 18.8. The number of alkyl halides is 12. The lowest BCUT2D eigenvalue weighted by Crippen LogP contribution is -2.56. The highest BCUT2D eigenvalue weighted by Crippen LogP contribution is 2.54. The third kappa shape index (κ3) is 5.67. The molecule has 0 radical (unpaired) electrons. The van der Waals surface area contributed by atoms with Crippen molar-refractivity contribution in [3.05, 3.63) is 34.9 Å². The second-order valence-corrected chi connectivity index (χ2v) is 8.88. The van der Waals surface area contributed by atoms with Gasteiger partial charge in [0.1, 0.15) is 0 Å². The van der Waals surface area contributed by atoms with Crippen LogP contribution < -0.4 is 0 Å². The molecule has 14 heteroatoms.